The van der Waals surface area contributed by atoms with E-state index in [1.54, 1.807) is 24.3 Å². The van der Waals surface area contributed by atoms with E-state index in [2.05, 4.69) is 9.99 Å². The number of carbonyl (C=O) groups excluding carboxylic acids is 1. The molecule has 0 unspecified atom stereocenters. The van der Waals surface area contributed by atoms with Crippen LogP contribution in [0.25, 0.3) is 11.1 Å². The average Bonchev–Trinajstić information content (AvgIpc) is 2.89. The number of halogens is 2. The van der Waals surface area contributed by atoms with Gasteiger partial charge in [0, 0.05) is 12.0 Å². The zero-order valence-electron chi connectivity index (χ0n) is 11.0. The largest absolute Gasteiger partial charge is 0.340 e. The Morgan fingerprint density at radius 2 is 1.71 bits per heavy atom. The van der Waals surface area contributed by atoms with Crippen LogP contribution in [0.15, 0.2) is 47.6 Å². The summed E-state index contributed by atoms with van der Waals surface area (Å²) >= 11 is 0. The van der Waals surface area contributed by atoms with Crippen molar-refractivity contribution >= 4 is 11.7 Å². The number of carbonyl (C=O) groups is 1. The summed E-state index contributed by atoms with van der Waals surface area (Å²) in [5, 5.41) is 3.51. The van der Waals surface area contributed by atoms with Gasteiger partial charge in [-0.3, -0.25) is 0 Å². The fourth-order valence-corrected chi connectivity index (χ4v) is 2.21. The first-order chi connectivity index (χ1) is 10.1. The molecule has 1 heterocycles. The highest BCUT2D eigenvalue weighted by molar-refractivity contribution is 6.02. The molecule has 0 fully saturated rings. The monoisotopic (exact) mass is 287 g/mol. The first kappa shape index (κ1) is 13.4. The van der Waals surface area contributed by atoms with E-state index in [0.717, 1.165) is 5.56 Å². The predicted octanol–water partition coefficient (Wildman–Crippen LogP) is 3.48. The van der Waals surface area contributed by atoms with E-state index in [4.69, 9.17) is 0 Å². The highest BCUT2D eigenvalue weighted by Crippen LogP contribution is 2.25. The fourth-order valence-electron chi connectivity index (χ4n) is 2.21. The van der Waals surface area contributed by atoms with Gasteiger partial charge >= 0.3 is 5.97 Å². The average molecular weight is 287 g/mol. The first-order valence-electron chi connectivity index (χ1n) is 6.42. The summed E-state index contributed by atoms with van der Waals surface area (Å²) < 4.78 is 28.3. The van der Waals surface area contributed by atoms with Crippen LogP contribution in [0.2, 0.25) is 0 Å². The Morgan fingerprint density at radius 1 is 1.05 bits per heavy atom. The minimum Gasteiger partial charge on any atom is -0.318 e. The third-order valence-electron chi connectivity index (χ3n) is 3.25. The van der Waals surface area contributed by atoms with Gasteiger partial charge < -0.3 is 4.84 Å². The molecule has 0 amide bonds. The quantitative estimate of drug-likeness (QED) is 0.811. The maximum atomic E-state index is 14.1. The van der Waals surface area contributed by atoms with Crippen molar-refractivity contribution in [2.75, 3.05) is 0 Å². The van der Waals surface area contributed by atoms with Crippen LogP contribution in [0, 0.1) is 11.6 Å². The van der Waals surface area contributed by atoms with Crippen LogP contribution in [0.3, 0.4) is 0 Å². The Labute approximate surface area is 119 Å². The Bertz CT molecular complexity index is 703. The highest BCUT2D eigenvalue weighted by atomic mass is 19.1. The number of rotatable bonds is 3. The van der Waals surface area contributed by atoms with Gasteiger partial charge in [0.1, 0.15) is 11.6 Å². The van der Waals surface area contributed by atoms with E-state index < -0.39 is 17.6 Å². The number of hydrogen-bond acceptors (Lipinski definition) is 3. The molecule has 0 spiro atoms. The SMILES string of the molecule is O=C1CC(Cc2c(F)cc(-c3ccccc3)cc2F)=NO1. The summed E-state index contributed by atoms with van der Waals surface area (Å²) in [7, 11) is 0. The predicted molar refractivity (Wildman–Crippen MR) is 73.6 cm³/mol. The lowest BCUT2D eigenvalue weighted by Crippen LogP contribution is -2.07. The van der Waals surface area contributed by atoms with Crippen LogP contribution < -0.4 is 0 Å². The van der Waals surface area contributed by atoms with Crippen LogP contribution in [0.1, 0.15) is 12.0 Å². The molecule has 0 saturated carbocycles. The molecule has 1 aliphatic rings. The Morgan fingerprint density at radius 3 is 2.29 bits per heavy atom. The summed E-state index contributed by atoms with van der Waals surface area (Å²) in [5.74, 6) is -1.82. The highest BCUT2D eigenvalue weighted by Gasteiger charge is 2.21. The van der Waals surface area contributed by atoms with Crippen molar-refractivity contribution in [1.29, 1.82) is 0 Å². The molecule has 2 aromatic rings. The third kappa shape index (κ3) is 2.81. The fraction of sp³-hybridized carbons (Fsp3) is 0.125. The van der Waals surface area contributed by atoms with Crippen molar-refractivity contribution in [3.05, 3.63) is 59.7 Å². The Hall–Kier alpha value is -2.56. The van der Waals surface area contributed by atoms with Crippen molar-refractivity contribution < 1.29 is 18.4 Å². The maximum Gasteiger partial charge on any atom is 0.340 e. The van der Waals surface area contributed by atoms with Gasteiger partial charge in [-0.2, -0.15) is 0 Å². The lowest BCUT2D eigenvalue weighted by atomic mass is 9.99. The van der Waals surface area contributed by atoms with E-state index in [1.807, 2.05) is 6.07 Å². The molecule has 3 nitrogen and oxygen atoms in total. The molecule has 106 valence electrons. The summed E-state index contributed by atoms with van der Waals surface area (Å²) in [5.41, 5.74) is 1.42. The molecular weight excluding hydrogens is 276 g/mol. The second kappa shape index (κ2) is 5.44. The normalized spacial score (nSPS) is 14.0. The summed E-state index contributed by atoms with van der Waals surface area (Å²) in [6, 6.07) is 11.6. The van der Waals surface area contributed by atoms with Gasteiger partial charge in [0.25, 0.3) is 0 Å². The molecule has 3 rings (SSSR count). The molecule has 0 N–H and O–H groups in total. The topological polar surface area (TPSA) is 38.7 Å². The zero-order chi connectivity index (χ0) is 14.8. The van der Waals surface area contributed by atoms with E-state index >= 15 is 0 Å². The van der Waals surface area contributed by atoms with Crippen molar-refractivity contribution in [2.24, 2.45) is 5.16 Å². The number of oxime groups is 1. The number of hydrogen-bond donors (Lipinski definition) is 0. The van der Waals surface area contributed by atoms with Crippen molar-refractivity contribution in [2.45, 2.75) is 12.8 Å². The van der Waals surface area contributed by atoms with Gasteiger partial charge in [-0.05, 0) is 23.3 Å². The van der Waals surface area contributed by atoms with E-state index in [9.17, 15) is 13.6 Å². The summed E-state index contributed by atoms with van der Waals surface area (Å²) in [4.78, 5) is 15.3. The Kier molecular flexibility index (Phi) is 3.48. The Balaban J connectivity index is 1.92. The van der Waals surface area contributed by atoms with Gasteiger partial charge in [-0.15, -0.1) is 0 Å². The van der Waals surface area contributed by atoms with Crippen LogP contribution >= 0.6 is 0 Å². The lowest BCUT2D eigenvalue weighted by molar-refractivity contribution is -0.140. The molecule has 0 saturated heterocycles. The second-order valence-electron chi connectivity index (χ2n) is 4.76. The molecule has 0 atom stereocenters. The van der Waals surface area contributed by atoms with Crippen molar-refractivity contribution in [3.63, 3.8) is 0 Å². The van der Waals surface area contributed by atoms with Gasteiger partial charge in [0.2, 0.25) is 0 Å². The maximum absolute atomic E-state index is 14.1. The molecule has 21 heavy (non-hydrogen) atoms. The molecule has 0 bridgehead atoms. The van der Waals surface area contributed by atoms with Crippen LogP contribution in [0.5, 0.6) is 0 Å². The molecule has 0 radical (unpaired) electrons. The van der Waals surface area contributed by atoms with Gasteiger partial charge in [0.05, 0.1) is 12.1 Å². The summed E-state index contributed by atoms with van der Waals surface area (Å²) in [6.45, 7) is 0. The minimum atomic E-state index is -0.657. The van der Waals surface area contributed by atoms with Crippen LogP contribution in [-0.2, 0) is 16.1 Å². The molecule has 0 aliphatic carbocycles. The molecule has 0 aromatic heterocycles. The standard InChI is InChI=1S/C16H11F2NO2/c17-14-6-11(10-4-2-1-3-5-10)7-15(18)13(14)8-12-9-16(20)21-19-12/h1-7H,8-9H2. The molecular formula is C16H11F2NO2. The smallest absolute Gasteiger partial charge is 0.318 e. The summed E-state index contributed by atoms with van der Waals surface area (Å²) in [6.07, 6.45) is -0.0994. The first-order valence-corrected chi connectivity index (χ1v) is 6.42. The van der Waals surface area contributed by atoms with E-state index in [-0.39, 0.29) is 18.4 Å². The van der Waals surface area contributed by atoms with Crippen LogP contribution in [-0.4, -0.2) is 11.7 Å². The zero-order valence-corrected chi connectivity index (χ0v) is 11.0. The van der Waals surface area contributed by atoms with Crippen molar-refractivity contribution in [1.82, 2.24) is 0 Å². The lowest BCUT2D eigenvalue weighted by Gasteiger charge is -2.08. The molecule has 5 heteroatoms. The number of nitrogens with zero attached hydrogens (tertiary/aromatic N) is 1. The second-order valence-corrected chi connectivity index (χ2v) is 4.76. The third-order valence-corrected chi connectivity index (χ3v) is 3.25. The molecule has 2 aromatic carbocycles. The van der Waals surface area contributed by atoms with Gasteiger partial charge in [0.15, 0.2) is 0 Å². The van der Waals surface area contributed by atoms with Crippen molar-refractivity contribution in [3.8, 4) is 11.1 Å². The van der Waals surface area contributed by atoms with Gasteiger partial charge in [-0.25, -0.2) is 13.6 Å². The minimum absolute atomic E-state index is 0.0285. The molecule has 1 aliphatic heterocycles. The van der Waals surface area contributed by atoms with E-state index in [0.29, 0.717) is 11.3 Å². The van der Waals surface area contributed by atoms with Crippen LogP contribution in [0.4, 0.5) is 8.78 Å². The van der Waals surface area contributed by atoms with E-state index in [1.165, 1.54) is 12.1 Å². The van der Waals surface area contributed by atoms with Gasteiger partial charge in [-0.1, -0.05) is 35.5 Å². The number of benzene rings is 2.